The second-order valence-corrected chi connectivity index (χ2v) is 6.94. The van der Waals surface area contributed by atoms with E-state index in [-0.39, 0.29) is 5.91 Å². The van der Waals surface area contributed by atoms with Crippen molar-refractivity contribution >= 4 is 33.7 Å². The number of fused-ring (bicyclic) bond motifs is 1. The van der Waals surface area contributed by atoms with Gasteiger partial charge in [-0.2, -0.15) is 0 Å². The van der Waals surface area contributed by atoms with Crippen LogP contribution in [-0.2, 0) is 11.3 Å². The van der Waals surface area contributed by atoms with Gasteiger partial charge in [-0.25, -0.2) is 4.98 Å². The first-order valence-corrected chi connectivity index (χ1v) is 9.21. The number of nitrogens with one attached hydrogen (secondary N) is 1. The van der Waals surface area contributed by atoms with Crippen LogP contribution in [0, 0.1) is 0 Å². The van der Waals surface area contributed by atoms with E-state index >= 15 is 0 Å². The normalized spacial score (nSPS) is 15.4. The number of anilines is 1. The first-order chi connectivity index (χ1) is 12.3. The van der Waals surface area contributed by atoms with E-state index in [1.54, 1.807) is 0 Å². The zero-order valence-electron chi connectivity index (χ0n) is 13.8. The summed E-state index contributed by atoms with van der Waals surface area (Å²) in [7, 11) is 0. The van der Waals surface area contributed by atoms with E-state index in [1.165, 1.54) is 11.3 Å². The smallest absolute Gasteiger partial charge is 0.275 e. The van der Waals surface area contributed by atoms with Gasteiger partial charge in [0, 0.05) is 29.5 Å². The zero-order chi connectivity index (χ0) is 17.1. The van der Waals surface area contributed by atoms with Crippen molar-refractivity contribution in [3.8, 4) is 0 Å². The number of carbonyl (C=O) groups is 1. The van der Waals surface area contributed by atoms with E-state index in [0.29, 0.717) is 5.69 Å². The van der Waals surface area contributed by atoms with Gasteiger partial charge in [-0.15, -0.1) is 11.3 Å². The van der Waals surface area contributed by atoms with Gasteiger partial charge in [0.2, 0.25) is 0 Å². The minimum absolute atomic E-state index is 0.166. The van der Waals surface area contributed by atoms with E-state index in [1.807, 2.05) is 47.8 Å². The summed E-state index contributed by atoms with van der Waals surface area (Å²) in [6.07, 6.45) is 0. The van der Waals surface area contributed by atoms with Crippen LogP contribution in [0.1, 0.15) is 15.5 Å². The fraction of sp³-hybridized carbons (Fsp3) is 0.263. The van der Waals surface area contributed by atoms with E-state index in [9.17, 15) is 4.79 Å². The van der Waals surface area contributed by atoms with Crippen molar-refractivity contribution < 1.29 is 9.53 Å². The SMILES string of the molecule is O=C(Nc1cccc2ccccc12)c1csc(CN2CCOCC2)n1. The van der Waals surface area contributed by atoms with Crippen LogP contribution >= 0.6 is 11.3 Å². The predicted octanol–water partition coefficient (Wildman–Crippen LogP) is 3.38. The van der Waals surface area contributed by atoms with Crippen LogP contribution in [0.15, 0.2) is 47.8 Å². The van der Waals surface area contributed by atoms with Crippen LogP contribution in [0.3, 0.4) is 0 Å². The van der Waals surface area contributed by atoms with Crippen LogP contribution in [0.5, 0.6) is 0 Å². The number of thiazole rings is 1. The van der Waals surface area contributed by atoms with Gasteiger partial charge < -0.3 is 10.1 Å². The molecule has 0 saturated carbocycles. The molecule has 0 unspecified atom stereocenters. The summed E-state index contributed by atoms with van der Waals surface area (Å²) in [6, 6.07) is 13.9. The van der Waals surface area contributed by atoms with Gasteiger partial charge in [0.1, 0.15) is 10.7 Å². The van der Waals surface area contributed by atoms with E-state index in [0.717, 1.165) is 54.3 Å². The number of hydrogen-bond donors (Lipinski definition) is 1. The molecule has 25 heavy (non-hydrogen) atoms. The van der Waals surface area contributed by atoms with E-state index < -0.39 is 0 Å². The number of aromatic nitrogens is 1. The van der Waals surface area contributed by atoms with Crippen LogP contribution in [0.4, 0.5) is 5.69 Å². The molecular weight excluding hydrogens is 334 g/mol. The molecule has 1 amide bonds. The van der Waals surface area contributed by atoms with Crippen molar-refractivity contribution in [1.82, 2.24) is 9.88 Å². The molecule has 0 atom stereocenters. The topological polar surface area (TPSA) is 54.5 Å². The van der Waals surface area contributed by atoms with Crippen LogP contribution in [-0.4, -0.2) is 42.1 Å². The summed E-state index contributed by atoms with van der Waals surface area (Å²) < 4.78 is 5.36. The quantitative estimate of drug-likeness (QED) is 0.781. The number of hydrogen-bond acceptors (Lipinski definition) is 5. The highest BCUT2D eigenvalue weighted by molar-refractivity contribution is 7.09. The monoisotopic (exact) mass is 353 g/mol. The Morgan fingerprint density at radius 3 is 2.84 bits per heavy atom. The summed E-state index contributed by atoms with van der Waals surface area (Å²) in [4.78, 5) is 19.4. The van der Waals surface area contributed by atoms with Crippen molar-refractivity contribution in [2.24, 2.45) is 0 Å². The minimum atomic E-state index is -0.166. The molecule has 0 aliphatic carbocycles. The summed E-state index contributed by atoms with van der Waals surface area (Å²) in [5, 5.41) is 7.92. The summed E-state index contributed by atoms with van der Waals surface area (Å²) in [6.45, 7) is 4.13. The van der Waals surface area contributed by atoms with Gasteiger partial charge in [-0.1, -0.05) is 36.4 Å². The van der Waals surface area contributed by atoms with Crippen molar-refractivity contribution in [1.29, 1.82) is 0 Å². The number of ether oxygens (including phenoxy) is 1. The molecule has 2 aromatic carbocycles. The number of rotatable bonds is 4. The van der Waals surface area contributed by atoms with E-state index in [2.05, 4.69) is 15.2 Å². The second kappa shape index (κ2) is 7.31. The molecule has 5 nitrogen and oxygen atoms in total. The largest absolute Gasteiger partial charge is 0.379 e. The molecule has 0 bridgehead atoms. The molecule has 1 N–H and O–H groups in total. The average molecular weight is 353 g/mol. The molecule has 4 rings (SSSR count). The van der Waals surface area contributed by atoms with Crippen LogP contribution < -0.4 is 5.32 Å². The maximum atomic E-state index is 12.6. The first kappa shape index (κ1) is 16.2. The third-order valence-electron chi connectivity index (χ3n) is 4.28. The van der Waals surface area contributed by atoms with Crippen LogP contribution in [0.25, 0.3) is 10.8 Å². The fourth-order valence-electron chi connectivity index (χ4n) is 2.96. The highest BCUT2D eigenvalue weighted by atomic mass is 32.1. The summed E-state index contributed by atoms with van der Waals surface area (Å²) in [5.74, 6) is -0.166. The Balaban J connectivity index is 1.47. The lowest BCUT2D eigenvalue weighted by atomic mass is 10.1. The van der Waals surface area contributed by atoms with Crippen molar-refractivity contribution in [3.63, 3.8) is 0 Å². The molecule has 1 saturated heterocycles. The molecule has 2 heterocycles. The lowest BCUT2D eigenvalue weighted by Crippen LogP contribution is -2.35. The van der Waals surface area contributed by atoms with Crippen molar-refractivity contribution in [2.75, 3.05) is 31.6 Å². The highest BCUT2D eigenvalue weighted by Crippen LogP contribution is 2.24. The summed E-state index contributed by atoms with van der Waals surface area (Å²) in [5.41, 5.74) is 1.28. The zero-order valence-corrected chi connectivity index (χ0v) is 14.6. The Labute approximate surface area is 150 Å². The predicted molar refractivity (Wildman–Crippen MR) is 100 cm³/mol. The maximum Gasteiger partial charge on any atom is 0.275 e. The Morgan fingerprint density at radius 2 is 1.96 bits per heavy atom. The third-order valence-corrected chi connectivity index (χ3v) is 5.12. The second-order valence-electron chi connectivity index (χ2n) is 6.00. The van der Waals surface area contributed by atoms with Gasteiger partial charge in [0.25, 0.3) is 5.91 Å². The molecule has 1 aliphatic heterocycles. The standard InChI is InChI=1S/C19H19N3O2S/c23-19(21-16-7-3-5-14-4-1-2-6-15(14)16)17-13-25-18(20-17)12-22-8-10-24-11-9-22/h1-7,13H,8-12H2,(H,21,23). The number of nitrogens with zero attached hydrogens (tertiary/aromatic N) is 2. The van der Waals surface area contributed by atoms with Gasteiger partial charge in [0.15, 0.2) is 0 Å². The molecule has 6 heteroatoms. The fourth-order valence-corrected chi connectivity index (χ4v) is 3.77. The lowest BCUT2D eigenvalue weighted by Gasteiger charge is -2.25. The Hall–Kier alpha value is -2.28. The summed E-state index contributed by atoms with van der Waals surface area (Å²) >= 11 is 1.53. The molecule has 1 aliphatic rings. The lowest BCUT2D eigenvalue weighted by molar-refractivity contribution is 0.0341. The highest BCUT2D eigenvalue weighted by Gasteiger charge is 2.16. The number of amides is 1. The Morgan fingerprint density at radius 1 is 1.16 bits per heavy atom. The molecule has 3 aromatic rings. The molecule has 0 spiro atoms. The van der Waals surface area contributed by atoms with Crippen molar-refractivity contribution in [3.05, 3.63) is 58.5 Å². The molecule has 128 valence electrons. The number of benzene rings is 2. The molecule has 1 fully saturated rings. The van der Waals surface area contributed by atoms with Crippen LogP contribution in [0.2, 0.25) is 0 Å². The number of morpholine rings is 1. The van der Waals surface area contributed by atoms with Gasteiger partial charge >= 0.3 is 0 Å². The maximum absolute atomic E-state index is 12.6. The molecule has 1 aromatic heterocycles. The Kier molecular flexibility index (Phi) is 4.74. The first-order valence-electron chi connectivity index (χ1n) is 8.33. The number of carbonyl (C=O) groups excluding carboxylic acids is 1. The van der Waals surface area contributed by atoms with Gasteiger partial charge in [-0.05, 0) is 11.5 Å². The third kappa shape index (κ3) is 3.71. The van der Waals surface area contributed by atoms with Crippen molar-refractivity contribution in [2.45, 2.75) is 6.54 Å². The van der Waals surface area contributed by atoms with Gasteiger partial charge in [-0.3, -0.25) is 9.69 Å². The van der Waals surface area contributed by atoms with E-state index in [4.69, 9.17) is 4.74 Å². The average Bonchev–Trinajstić information content (AvgIpc) is 3.11. The minimum Gasteiger partial charge on any atom is -0.379 e. The van der Waals surface area contributed by atoms with Gasteiger partial charge in [0.05, 0.1) is 19.8 Å². The molecular formula is C19H19N3O2S. The Bertz CT molecular complexity index is 882. The molecule has 0 radical (unpaired) electrons.